The molecular weight excluding hydrogens is 258 g/mol. The van der Waals surface area contributed by atoms with E-state index in [0.29, 0.717) is 12.3 Å². The van der Waals surface area contributed by atoms with Gasteiger partial charge < -0.3 is 4.52 Å². The SMILES string of the molecule is CCCCO[P@](=S)(C(Cl)Cl)[C@@H](C)CC. The molecular formula is C9H19Cl2OPS. The number of rotatable bonds is 7. The maximum absolute atomic E-state index is 5.92. The molecule has 0 aromatic heterocycles. The third kappa shape index (κ3) is 4.37. The largest absolute Gasteiger partial charge is 0.348 e. The van der Waals surface area contributed by atoms with Crippen molar-refractivity contribution in [3.05, 3.63) is 0 Å². The van der Waals surface area contributed by atoms with E-state index in [9.17, 15) is 0 Å². The van der Waals surface area contributed by atoms with Crippen LogP contribution in [-0.2, 0) is 16.3 Å². The smallest absolute Gasteiger partial charge is 0.158 e. The van der Waals surface area contributed by atoms with Crippen LogP contribution in [0.5, 0.6) is 0 Å². The Labute approximate surface area is 103 Å². The lowest BCUT2D eigenvalue weighted by atomic mass is 10.4. The van der Waals surface area contributed by atoms with Crippen molar-refractivity contribution in [2.75, 3.05) is 6.61 Å². The topological polar surface area (TPSA) is 9.23 Å². The van der Waals surface area contributed by atoms with Gasteiger partial charge in [-0.2, -0.15) is 0 Å². The summed E-state index contributed by atoms with van der Waals surface area (Å²) < 4.78 is 5.21. The van der Waals surface area contributed by atoms with E-state index in [2.05, 4.69) is 20.8 Å². The summed E-state index contributed by atoms with van der Waals surface area (Å²) in [7, 11) is 0. The zero-order valence-corrected chi connectivity index (χ0v) is 12.2. The second-order valence-corrected chi connectivity index (χ2v) is 9.73. The van der Waals surface area contributed by atoms with Crippen molar-refractivity contribution in [2.45, 2.75) is 50.3 Å². The Bertz CT molecular complexity index is 199. The van der Waals surface area contributed by atoms with E-state index in [0.717, 1.165) is 19.3 Å². The summed E-state index contributed by atoms with van der Waals surface area (Å²) in [6.07, 6.45) is 1.05. The van der Waals surface area contributed by atoms with E-state index >= 15 is 0 Å². The van der Waals surface area contributed by atoms with Crippen LogP contribution in [0.25, 0.3) is 0 Å². The minimum absolute atomic E-state index is 0.300. The summed E-state index contributed by atoms with van der Waals surface area (Å²) in [5.41, 5.74) is 0.300. The fraction of sp³-hybridized carbons (Fsp3) is 1.00. The molecule has 0 aliphatic rings. The Morgan fingerprint density at radius 3 is 2.29 bits per heavy atom. The van der Waals surface area contributed by atoms with Gasteiger partial charge in [-0.25, -0.2) is 0 Å². The number of unbranched alkanes of at least 4 members (excludes halogenated alkanes) is 1. The first-order valence-corrected chi connectivity index (χ1v) is 8.74. The van der Waals surface area contributed by atoms with Gasteiger partial charge in [0.25, 0.3) is 0 Å². The quantitative estimate of drug-likeness (QED) is 0.377. The lowest BCUT2D eigenvalue weighted by molar-refractivity contribution is 0.336. The van der Waals surface area contributed by atoms with Crippen molar-refractivity contribution < 1.29 is 4.52 Å². The van der Waals surface area contributed by atoms with Gasteiger partial charge >= 0.3 is 0 Å². The van der Waals surface area contributed by atoms with Gasteiger partial charge in [0.05, 0.1) is 6.61 Å². The maximum atomic E-state index is 5.92. The van der Waals surface area contributed by atoms with Crippen LogP contribution < -0.4 is 0 Å². The van der Waals surface area contributed by atoms with Crippen molar-refractivity contribution in [3.63, 3.8) is 0 Å². The Morgan fingerprint density at radius 1 is 1.36 bits per heavy atom. The van der Waals surface area contributed by atoms with E-state index < -0.39 is 10.8 Å². The van der Waals surface area contributed by atoms with Gasteiger partial charge in [0.2, 0.25) is 0 Å². The molecule has 0 bridgehead atoms. The van der Waals surface area contributed by atoms with Crippen molar-refractivity contribution in [3.8, 4) is 0 Å². The van der Waals surface area contributed by atoms with E-state index in [1.54, 1.807) is 0 Å². The van der Waals surface area contributed by atoms with E-state index in [-0.39, 0.29) is 0 Å². The molecule has 0 fully saturated rings. The third-order valence-electron chi connectivity index (χ3n) is 2.27. The van der Waals surface area contributed by atoms with Gasteiger partial charge in [-0.3, -0.25) is 0 Å². The summed E-state index contributed by atoms with van der Waals surface area (Å²) in [4.78, 5) is 0. The Balaban J connectivity index is 4.33. The fourth-order valence-electron chi connectivity index (χ4n) is 0.982. The van der Waals surface area contributed by atoms with Crippen LogP contribution in [0, 0.1) is 0 Å². The normalized spacial score (nSPS) is 18.1. The Morgan fingerprint density at radius 2 is 1.93 bits per heavy atom. The molecule has 2 atom stereocenters. The zero-order valence-electron chi connectivity index (χ0n) is 9.00. The van der Waals surface area contributed by atoms with Crippen LogP contribution in [0.2, 0.25) is 0 Å². The second kappa shape index (κ2) is 7.46. The molecule has 0 heterocycles. The molecule has 1 nitrogen and oxygen atoms in total. The molecule has 0 radical (unpaired) electrons. The van der Waals surface area contributed by atoms with E-state index in [4.69, 9.17) is 39.5 Å². The van der Waals surface area contributed by atoms with Crippen molar-refractivity contribution in [2.24, 2.45) is 0 Å². The Hall–Kier alpha value is 1.19. The first-order chi connectivity index (χ1) is 6.49. The molecule has 0 saturated carbocycles. The van der Waals surface area contributed by atoms with Crippen LogP contribution in [0.4, 0.5) is 0 Å². The first-order valence-electron chi connectivity index (χ1n) is 5.01. The maximum Gasteiger partial charge on any atom is 0.158 e. The van der Waals surface area contributed by atoms with Crippen LogP contribution >= 0.6 is 29.5 Å². The summed E-state index contributed by atoms with van der Waals surface area (Å²) >= 11 is 17.3. The molecule has 0 N–H and O–H groups in total. The standard InChI is InChI=1S/C9H19Cl2OPS/c1-4-6-7-12-13(14,9(10)11)8(3)5-2/h8-9H,4-7H2,1-3H3/t8-,13+/m0/s1. The molecule has 5 heteroatoms. The number of halogens is 2. The van der Waals surface area contributed by atoms with Gasteiger partial charge in [-0.15, -0.1) is 0 Å². The second-order valence-electron chi connectivity index (χ2n) is 3.37. The molecule has 0 aromatic rings. The average molecular weight is 277 g/mol. The molecule has 0 aromatic carbocycles. The first kappa shape index (κ1) is 15.2. The monoisotopic (exact) mass is 276 g/mol. The zero-order chi connectivity index (χ0) is 11.2. The van der Waals surface area contributed by atoms with Crippen LogP contribution in [0.3, 0.4) is 0 Å². The van der Waals surface area contributed by atoms with E-state index in [1.807, 2.05) is 0 Å². The number of hydrogen-bond donors (Lipinski definition) is 0. The van der Waals surface area contributed by atoms with Crippen LogP contribution in [0.15, 0.2) is 0 Å². The highest BCUT2D eigenvalue weighted by Gasteiger charge is 2.31. The fourth-order valence-corrected chi connectivity index (χ4v) is 4.82. The lowest BCUT2D eigenvalue weighted by Crippen LogP contribution is -2.11. The number of hydrogen-bond acceptors (Lipinski definition) is 2. The molecule has 0 amide bonds. The summed E-state index contributed by atoms with van der Waals surface area (Å²) in [6, 6.07) is 0. The minimum Gasteiger partial charge on any atom is -0.348 e. The minimum atomic E-state index is -2.05. The molecule has 14 heavy (non-hydrogen) atoms. The van der Waals surface area contributed by atoms with Gasteiger partial charge in [0, 0.05) is 5.66 Å². The molecule has 0 aliphatic heterocycles. The van der Waals surface area contributed by atoms with Gasteiger partial charge in [-0.05, 0) is 12.8 Å². The predicted molar refractivity (Wildman–Crippen MR) is 70.4 cm³/mol. The summed E-state index contributed by atoms with van der Waals surface area (Å²) in [5, 5.41) is 0. The predicted octanol–water partition coefficient (Wildman–Crippen LogP) is 4.76. The van der Waals surface area contributed by atoms with Gasteiger partial charge in [-0.1, -0.05) is 62.2 Å². The summed E-state index contributed by atoms with van der Waals surface area (Å²) in [6.45, 7) is 6.97. The average Bonchev–Trinajstić information content (AvgIpc) is 2.16. The summed E-state index contributed by atoms with van der Waals surface area (Å²) in [5.74, 6) is 0. The van der Waals surface area contributed by atoms with Crippen LogP contribution in [-0.4, -0.2) is 16.8 Å². The Kier molecular flexibility index (Phi) is 8.10. The molecule has 0 saturated heterocycles. The highest BCUT2D eigenvalue weighted by Crippen LogP contribution is 2.60. The molecule has 0 aliphatic carbocycles. The van der Waals surface area contributed by atoms with Crippen molar-refractivity contribution >= 4 is 41.3 Å². The lowest BCUT2D eigenvalue weighted by Gasteiger charge is -2.28. The molecule has 86 valence electrons. The van der Waals surface area contributed by atoms with Crippen molar-refractivity contribution in [1.29, 1.82) is 0 Å². The van der Waals surface area contributed by atoms with Crippen molar-refractivity contribution in [1.82, 2.24) is 0 Å². The highest BCUT2D eigenvalue weighted by molar-refractivity contribution is 8.14. The number of alkyl halides is 2. The third-order valence-corrected chi connectivity index (χ3v) is 9.45. The molecule has 0 unspecified atom stereocenters. The molecule has 0 spiro atoms. The molecule has 0 rings (SSSR count). The van der Waals surface area contributed by atoms with Gasteiger partial charge in [0.15, 0.2) is 4.58 Å². The van der Waals surface area contributed by atoms with Crippen LogP contribution in [0.1, 0.15) is 40.0 Å². The van der Waals surface area contributed by atoms with Gasteiger partial charge in [0.1, 0.15) is 6.26 Å². The van der Waals surface area contributed by atoms with E-state index in [1.165, 1.54) is 0 Å². The highest BCUT2D eigenvalue weighted by atomic mass is 35.5.